The summed E-state index contributed by atoms with van der Waals surface area (Å²) < 4.78 is 51.8. The normalized spacial score (nSPS) is 21.4. The summed E-state index contributed by atoms with van der Waals surface area (Å²) in [5.74, 6) is -2.20. The third-order valence-electron chi connectivity index (χ3n) is 3.00. The Morgan fingerprint density at radius 1 is 1.33 bits per heavy atom. The van der Waals surface area contributed by atoms with Gasteiger partial charge in [0, 0.05) is 17.9 Å². The fourth-order valence-corrected chi connectivity index (χ4v) is 4.62. The van der Waals surface area contributed by atoms with Crippen LogP contribution in [0.3, 0.4) is 0 Å². The fraction of sp³-hybridized carbons (Fsp3) is 0.455. The molecule has 18 heavy (non-hydrogen) atoms. The Kier molecular flexibility index (Phi) is 4.03. The summed E-state index contributed by atoms with van der Waals surface area (Å²) in [6.07, 6.45) is 1.55. The van der Waals surface area contributed by atoms with Crippen LogP contribution in [0.15, 0.2) is 23.1 Å². The first-order chi connectivity index (χ1) is 8.46. The second kappa shape index (κ2) is 5.22. The fourth-order valence-electron chi connectivity index (χ4n) is 2.05. The Bertz CT molecular complexity index is 550. The average molecular weight is 340 g/mol. The van der Waals surface area contributed by atoms with Crippen LogP contribution in [0.5, 0.6) is 0 Å². The highest BCUT2D eigenvalue weighted by atomic mass is 79.9. The molecule has 0 aliphatic carbocycles. The lowest BCUT2D eigenvalue weighted by molar-refractivity contribution is 0.412. The molecule has 3 nitrogen and oxygen atoms in total. The number of benzene rings is 1. The van der Waals surface area contributed by atoms with Crippen LogP contribution in [0.2, 0.25) is 0 Å². The molecule has 1 aliphatic heterocycles. The molecule has 1 aliphatic rings. The summed E-state index contributed by atoms with van der Waals surface area (Å²) in [4.78, 5) is -0.200. The molecule has 1 saturated heterocycles. The zero-order valence-electron chi connectivity index (χ0n) is 9.44. The molecule has 0 N–H and O–H groups in total. The molecule has 7 heteroatoms. The standard InChI is InChI=1S/C11H12BrF2NO2S/c12-7-8-2-1-5-15(8)18(16,17)9-3-4-10(13)11(14)6-9/h3-4,6,8H,1-2,5,7H2. The Morgan fingerprint density at radius 2 is 2.06 bits per heavy atom. The predicted molar refractivity (Wildman–Crippen MR) is 67.1 cm³/mol. The van der Waals surface area contributed by atoms with Crippen molar-refractivity contribution in [3.63, 3.8) is 0 Å². The zero-order valence-corrected chi connectivity index (χ0v) is 11.8. The van der Waals surface area contributed by atoms with Gasteiger partial charge in [-0.25, -0.2) is 17.2 Å². The molecule has 1 unspecified atom stereocenters. The monoisotopic (exact) mass is 339 g/mol. The van der Waals surface area contributed by atoms with Crippen molar-refractivity contribution >= 4 is 26.0 Å². The van der Waals surface area contributed by atoms with Crippen LogP contribution in [-0.4, -0.2) is 30.6 Å². The number of rotatable bonds is 3. The Hall–Kier alpha value is -0.530. The van der Waals surface area contributed by atoms with Gasteiger partial charge in [0.2, 0.25) is 10.0 Å². The number of nitrogens with zero attached hydrogens (tertiary/aromatic N) is 1. The molecule has 0 amide bonds. The maximum absolute atomic E-state index is 13.1. The first kappa shape index (κ1) is 13.9. The topological polar surface area (TPSA) is 37.4 Å². The van der Waals surface area contributed by atoms with Crippen molar-refractivity contribution in [2.24, 2.45) is 0 Å². The molecule has 2 rings (SSSR count). The lowest BCUT2D eigenvalue weighted by Crippen LogP contribution is -2.36. The van der Waals surface area contributed by atoms with E-state index in [1.54, 1.807) is 0 Å². The summed E-state index contributed by atoms with van der Waals surface area (Å²) in [5, 5.41) is 0.538. The van der Waals surface area contributed by atoms with E-state index in [0.717, 1.165) is 31.0 Å². The largest absolute Gasteiger partial charge is 0.243 e. The minimum Gasteiger partial charge on any atom is -0.207 e. The summed E-state index contributed by atoms with van der Waals surface area (Å²) in [5.41, 5.74) is 0. The van der Waals surface area contributed by atoms with Crippen LogP contribution in [0.25, 0.3) is 0 Å². The van der Waals surface area contributed by atoms with Gasteiger partial charge < -0.3 is 0 Å². The molecule has 1 aromatic rings. The minimum atomic E-state index is -3.74. The van der Waals surface area contributed by atoms with Gasteiger partial charge >= 0.3 is 0 Å². The van der Waals surface area contributed by atoms with E-state index in [4.69, 9.17) is 0 Å². The molecular weight excluding hydrogens is 328 g/mol. The summed E-state index contributed by atoms with van der Waals surface area (Å²) in [6, 6.07) is 2.54. The summed E-state index contributed by atoms with van der Waals surface area (Å²) in [6.45, 7) is 0.414. The van der Waals surface area contributed by atoms with Crippen molar-refractivity contribution in [2.45, 2.75) is 23.8 Å². The zero-order chi connectivity index (χ0) is 13.3. The van der Waals surface area contributed by atoms with Crippen molar-refractivity contribution < 1.29 is 17.2 Å². The quantitative estimate of drug-likeness (QED) is 0.793. The Labute approximate surface area is 113 Å². The molecule has 1 atom stereocenters. The maximum atomic E-state index is 13.1. The van der Waals surface area contributed by atoms with Gasteiger partial charge in [-0.05, 0) is 31.0 Å². The molecule has 100 valence electrons. The van der Waals surface area contributed by atoms with E-state index in [0.29, 0.717) is 11.9 Å². The van der Waals surface area contributed by atoms with Gasteiger partial charge in [-0.3, -0.25) is 0 Å². The second-order valence-corrected chi connectivity index (χ2v) is 6.68. The van der Waals surface area contributed by atoms with E-state index < -0.39 is 21.7 Å². The van der Waals surface area contributed by atoms with E-state index in [9.17, 15) is 17.2 Å². The predicted octanol–water partition coefficient (Wildman–Crippen LogP) is 2.51. The van der Waals surface area contributed by atoms with Crippen molar-refractivity contribution in [3.05, 3.63) is 29.8 Å². The van der Waals surface area contributed by atoms with Gasteiger partial charge in [-0.1, -0.05) is 15.9 Å². The highest BCUT2D eigenvalue weighted by Crippen LogP contribution is 2.27. The van der Waals surface area contributed by atoms with Gasteiger partial charge in [0.25, 0.3) is 0 Å². The molecule has 0 saturated carbocycles. The second-order valence-electron chi connectivity index (χ2n) is 4.14. The SMILES string of the molecule is O=S(=O)(c1ccc(F)c(F)c1)N1CCCC1CBr. The Morgan fingerprint density at radius 3 is 2.67 bits per heavy atom. The smallest absolute Gasteiger partial charge is 0.207 e. The number of halogens is 3. The van der Waals surface area contributed by atoms with Crippen LogP contribution < -0.4 is 0 Å². The summed E-state index contributed by atoms with van der Waals surface area (Å²) >= 11 is 3.27. The van der Waals surface area contributed by atoms with E-state index in [2.05, 4.69) is 15.9 Å². The first-order valence-electron chi connectivity index (χ1n) is 5.49. The van der Waals surface area contributed by atoms with Crippen LogP contribution >= 0.6 is 15.9 Å². The van der Waals surface area contributed by atoms with Crippen molar-refractivity contribution in [2.75, 3.05) is 11.9 Å². The molecule has 0 radical (unpaired) electrons. The minimum absolute atomic E-state index is 0.122. The van der Waals surface area contributed by atoms with Gasteiger partial charge in [-0.2, -0.15) is 4.31 Å². The van der Waals surface area contributed by atoms with Gasteiger partial charge in [0.15, 0.2) is 11.6 Å². The third-order valence-corrected chi connectivity index (χ3v) is 5.69. The summed E-state index contributed by atoms with van der Waals surface area (Å²) in [7, 11) is -3.74. The van der Waals surface area contributed by atoms with Gasteiger partial charge in [0.1, 0.15) is 0 Å². The molecule has 0 aromatic heterocycles. The highest BCUT2D eigenvalue weighted by molar-refractivity contribution is 9.09. The average Bonchev–Trinajstić information content (AvgIpc) is 2.81. The molecular formula is C11H12BrF2NO2S. The molecule has 0 bridgehead atoms. The Balaban J connectivity index is 2.38. The molecule has 1 fully saturated rings. The van der Waals surface area contributed by atoms with Crippen molar-refractivity contribution in [1.82, 2.24) is 4.31 Å². The van der Waals surface area contributed by atoms with E-state index >= 15 is 0 Å². The lowest BCUT2D eigenvalue weighted by atomic mass is 10.3. The highest BCUT2D eigenvalue weighted by Gasteiger charge is 2.34. The van der Waals surface area contributed by atoms with E-state index in [1.807, 2.05) is 0 Å². The van der Waals surface area contributed by atoms with Crippen molar-refractivity contribution in [3.8, 4) is 0 Å². The number of hydrogen-bond donors (Lipinski definition) is 0. The van der Waals surface area contributed by atoms with E-state index in [1.165, 1.54) is 4.31 Å². The van der Waals surface area contributed by atoms with Crippen LogP contribution in [0, 0.1) is 11.6 Å². The van der Waals surface area contributed by atoms with Crippen LogP contribution in [0.1, 0.15) is 12.8 Å². The number of hydrogen-bond acceptors (Lipinski definition) is 2. The number of alkyl halides is 1. The van der Waals surface area contributed by atoms with Crippen LogP contribution in [0.4, 0.5) is 8.78 Å². The first-order valence-corrected chi connectivity index (χ1v) is 8.06. The molecule has 1 heterocycles. The van der Waals surface area contributed by atoms with Crippen molar-refractivity contribution in [1.29, 1.82) is 0 Å². The van der Waals surface area contributed by atoms with Gasteiger partial charge in [-0.15, -0.1) is 0 Å². The molecule has 1 aromatic carbocycles. The maximum Gasteiger partial charge on any atom is 0.243 e. The van der Waals surface area contributed by atoms with E-state index in [-0.39, 0.29) is 10.9 Å². The third kappa shape index (κ3) is 2.44. The number of sulfonamides is 1. The molecule has 0 spiro atoms. The van der Waals surface area contributed by atoms with Crippen LogP contribution in [-0.2, 0) is 10.0 Å². The lowest BCUT2D eigenvalue weighted by Gasteiger charge is -2.22. The van der Waals surface area contributed by atoms with Gasteiger partial charge in [0.05, 0.1) is 4.90 Å².